The molecule has 0 aliphatic heterocycles. The van der Waals surface area contributed by atoms with Gasteiger partial charge in [-0.2, -0.15) is 0 Å². The van der Waals surface area contributed by atoms with E-state index < -0.39 is 0 Å². The van der Waals surface area contributed by atoms with Crippen molar-refractivity contribution in [2.45, 2.75) is 32.7 Å². The molecule has 0 aliphatic carbocycles. The van der Waals surface area contributed by atoms with Crippen LogP contribution in [0.3, 0.4) is 0 Å². The van der Waals surface area contributed by atoms with Gasteiger partial charge in [0, 0.05) is 20.9 Å². The van der Waals surface area contributed by atoms with E-state index in [0.717, 1.165) is 57.6 Å². The standard InChI is InChI=1S/C23H24BrClN2/c1-3-14-27(15-4-2)21(13-10-17-8-6-5-7-9-17)23-22(25)19-16-18(24)11-12-20(19)26-23/h5-9,11-12,16,21,26H,3-4,14-15H2,1-2H3. The number of aromatic nitrogens is 1. The number of H-pyrrole nitrogens is 1. The minimum atomic E-state index is -0.0659. The largest absolute Gasteiger partial charge is 0.355 e. The lowest BCUT2D eigenvalue weighted by Gasteiger charge is -2.27. The van der Waals surface area contributed by atoms with Crippen molar-refractivity contribution in [1.82, 2.24) is 9.88 Å². The van der Waals surface area contributed by atoms with Gasteiger partial charge in [-0.1, -0.05) is 71.4 Å². The first-order valence-electron chi connectivity index (χ1n) is 9.41. The predicted octanol–water partition coefficient (Wildman–Crippen LogP) is 6.80. The number of rotatable bonds is 6. The Hall–Kier alpha value is -1.73. The highest BCUT2D eigenvalue weighted by atomic mass is 79.9. The maximum Gasteiger partial charge on any atom is 0.114 e. The summed E-state index contributed by atoms with van der Waals surface area (Å²) >= 11 is 10.3. The molecule has 0 aliphatic rings. The third-order valence-corrected chi connectivity index (χ3v) is 5.41. The molecule has 1 aromatic heterocycles. The SMILES string of the molecule is CCCN(CCC)C(C#Cc1ccccc1)c1[nH]c2ccc(Br)cc2c1Cl. The van der Waals surface area contributed by atoms with Crippen LogP contribution >= 0.6 is 27.5 Å². The average molecular weight is 444 g/mol. The van der Waals surface area contributed by atoms with Gasteiger partial charge in [0.25, 0.3) is 0 Å². The minimum absolute atomic E-state index is 0.0659. The molecule has 2 nitrogen and oxygen atoms in total. The van der Waals surface area contributed by atoms with E-state index in [4.69, 9.17) is 11.6 Å². The van der Waals surface area contributed by atoms with E-state index in [0.29, 0.717) is 0 Å². The summed E-state index contributed by atoms with van der Waals surface area (Å²) in [6, 6.07) is 16.2. The first-order valence-corrected chi connectivity index (χ1v) is 10.6. The van der Waals surface area contributed by atoms with Crippen LogP contribution in [0, 0.1) is 11.8 Å². The van der Waals surface area contributed by atoms with E-state index >= 15 is 0 Å². The second kappa shape index (κ2) is 9.46. The topological polar surface area (TPSA) is 19.0 Å². The smallest absolute Gasteiger partial charge is 0.114 e. The first kappa shape index (κ1) is 20.0. The normalized spacial score (nSPS) is 12.2. The second-order valence-electron chi connectivity index (χ2n) is 6.62. The lowest BCUT2D eigenvalue weighted by Crippen LogP contribution is -2.30. The zero-order chi connectivity index (χ0) is 19.2. The Morgan fingerprint density at radius 1 is 1.07 bits per heavy atom. The monoisotopic (exact) mass is 442 g/mol. The van der Waals surface area contributed by atoms with Crippen LogP contribution in [0.1, 0.15) is 44.0 Å². The van der Waals surface area contributed by atoms with Crippen LogP contribution in [0.15, 0.2) is 53.0 Å². The molecule has 0 bridgehead atoms. The maximum atomic E-state index is 6.80. The third-order valence-electron chi connectivity index (χ3n) is 4.51. The van der Waals surface area contributed by atoms with Gasteiger partial charge in [-0.15, -0.1) is 0 Å². The molecule has 2 aromatic carbocycles. The van der Waals surface area contributed by atoms with Crippen molar-refractivity contribution in [3.63, 3.8) is 0 Å². The molecule has 1 N–H and O–H groups in total. The summed E-state index contributed by atoms with van der Waals surface area (Å²) in [6.45, 7) is 6.37. The zero-order valence-electron chi connectivity index (χ0n) is 15.7. The lowest BCUT2D eigenvalue weighted by atomic mass is 10.1. The molecule has 1 heterocycles. The molecule has 0 radical (unpaired) electrons. The number of nitrogens with one attached hydrogen (secondary N) is 1. The number of nitrogens with zero attached hydrogens (tertiary/aromatic N) is 1. The van der Waals surface area contributed by atoms with Gasteiger partial charge in [0.2, 0.25) is 0 Å². The molecule has 0 spiro atoms. The number of hydrogen-bond acceptors (Lipinski definition) is 1. The quantitative estimate of drug-likeness (QED) is 0.415. The average Bonchev–Trinajstić information content (AvgIpc) is 2.99. The van der Waals surface area contributed by atoms with Crippen molar-refractivity contribution >= 4 is 38.4 Å². The highest BCUT2D eigenvalue weighted by Gasteiger charge is 2.23. The fraction of sp³-hybridized carbons (Fsp3) is 0.304. The number of hydrogen-bond donors (Lipinski definition) is 1. The summed E-state index contributed by atoms with van der Waals surface area (Å²) in [5.74, 6) is 6.83. The van der Waals surface area contributed by atoms with E-state index in [2.05, 4.69) is 63.6 Å². The third kappa shape index (κ3) is 4.76. The fourth-order valence-electron chi connectivity index (χ4n) is 3.30. The summed E-state index contributed by atoms with van der Waals surface area (Å²) in [5.41, 5.74) is 3.04. The molecule has 3 rings (SSSR count). The zero-order valence-corrected chi connectivity index (χ0v) is 18.1. The Balaban J connectivity index is 2.09. The second-order valence-corrected chi connectivity index (χ2v) is 7.91. The van der Waals surface area contributed by atoms with E-state index in [1.54, 1.807) is 0 Å². The van der Waals surface area contributed by atoms with Gasteiger partial charge in [0.05, 0.1) is 10.7 Å². The van der Waals surface area contributed by atoms with Gasteiger partial charge < -0.3 is 4.98 Å². The Labute approximate surface area is 175 Å². The van der Waals surface area contributed by atoms with Crippen LogP contribution in [-0.4, -0.2) is 23.0 Å². The first-order chi connectivity index (χ1) is 13.1. The van der Waals surface area contributed by atoms with Crippen LogP contribution in [-0.2, 0) is 0 Å². The van der Waals surface area contributed by atoms with Crippen molar-refractivity contribution in [1.29, 1.82) is 0 Å². The molecule has 3 aromatic rings. The Morgan fingerprint density at radius 2 is 1.78 bits per heavy atom. The van der Waals surface area contributed by atoms with Gasteiger partial charge in [-0.05, 0) is 56.3 Å². The summed E-state index contributed by atoms with van der Waals surface area (Å²) < 4.78 is 1.02. The molecule has 140 valence electrons. The Bertz CT molecular complexity index is 947. The van der Waals surface area contributed by atoms with Crippen LogP contribution in [0.5, 0.6) is 0 Å². The van der Waals surface area contributed by atoms with Crippen molar-refractivity contribution < 1.29 is 0 Å². The summed E-state index contributed by atoms with van der Waals surface area (Å²) in [7, 11) is 0. The number of fused-ring (bicyclic) bond motifs is 1. The predicted molar refractivity (Wildman–Crippen MR) is 119 cm³/mol. The van der Waals surface area contributed by atoms with Gasteiger partial charge in [-0.3, -0.25) is 4.90 Å². The van der Waals surface area contributed by atoms with Gasteiger partial charge in [-0.25, -0.2) is 0 Å². The minimum Gasteiger partial charge on any atom is -0.355 e. The highest BCUT2D eigenvalue weighted by Crippen LogP contribution is 2.35. The van der Waals surface area contributed by atoms with Crippen LogP contribution in [0.4, 0.5) is 0 Å². The molecule has 27 heavy (non-hydrogen) atoms. The molecular weight excluding hydrogens is 420 g/mol. The molecule has 0 saturated carbocycles. The van der Waals surface area contributed by atoms with Crippen LogP contribution in [0.2, 0.25) is 5.02 Å². The molecule has 1 unspecified atom stereocenters. The maximum absolute atomic E-state index is 6.80. The van der Waals surface area contributed by atoms with Crippen LogP contribution in [0.25, 0.3) is 10.9 Å². The van der Waals surface area contributed by atoms with Crippen LogP contribution < -0.4 is 0 Å². The molecule has 0 fully saturated rings. The van der Waals surface area contributed by atoms with Crippen molar-refractivity contribution in [3.05, 3.63) is 69.3 Å². The van der Waals surface area contributed by atoms with Gasteiger partial charge in [0.1, 0.15) is 6.04 Å². The molecular formula is C23H24BrClN2. The lowest BCUT2D eigenvalue weighted by molar-refractivity contribution is 0.235. The fourth-order valence-corrected chi connectivity index (χ4v) is 3.97. The van der Waals surface area contributed by atoms with Crippen molar-refractivity contribution in [2.75, 3.05) is 13.1 Å². The molecule has 0 amide bonds. The summed E-state index contributed by atoms with van der Waals surface area (Å²) in [5, 5.41) is 1.79. The highest BCUT2D eigenvalue weighted by molar-refractivity contribution is 9.10. The van der Waals surface area contributed by atoms with E-state index in [1.807, 2.05) is 36.4 Å². The Morgan fingerprint density at radius 3 is 2.44 bits per heavy atom. The summed E-state index contributed by atoms with van der Waals surface area (Å²) in [4.78, 5) is 5.95. The van der Waals surface area contributed by atoms with E-state index in [1.165, 1.54) is 0 Å². The molecule has 0 saturated heterocycles. The molecule has 4 heteroatoms. The van der Waals surface area contributed by atoms with Crippen molar-refractivity contribution in [3.8, 4) is 11.8 Å². The summed E-state index contributed by atoms with van der Waals surface area (Å²) in [6.07, 6.45) is 2.15. The van der Waals surface area contributed by atoms with E-state index in [9.17, 15) is 0 Å². The Kier molecular flexibility index (Phi) is 7.01. The van der Waals surface area contributed by atoms with Gasteiger partial charge in [0.15, 0.2) is 0 Å². The number of halogens is 2. The van der Waals surface area contributed by atoms with Gasteiger partial charge >= 0.3 is 0 Å². The van der Waals surface area contributed by atoms with Crippen molar-refractivity contribution in [2.24, 2.45) is 0 Å². The van der Waals surface area contributed by atoms with E-state index in [-0.39, 0.29) is 6.04 Å². The number of aromatic amines is 1. The number of benzene rings is 2. The molecule has 1 atom stereocenters.